The maximum Gasteiger partial charge on any atom is 0.225 e. The molecule has 2 atom stereocenters. The molecule has 1 N–H and O–H groups in total. The van der Waals surface area contributed by atoms with Crippen molar-refractivity contribution in [2.45, 2.75) is 65.0 Å². The monoisotopic (exact) mass is 252 g/mol. The van der Waals surface area contributed by atoms with Crippen LogP contribution in [0.1, 0.15) is 52.9 Å². The third-order valence-corrected chi connectivity index (χ3v) is 4.35. The van der Waals surface area contributed by atoms with Crippen molar-refractivity contribution in [3.8, 4) is 0 Å². The molecule has 0 radical (unpaired) electrons. The lowest BCUT2D eigenvalue weighted by Gasteiger charge is -2.38. The number of piperidine rings is 1. The van der Waals surface area contributed by atoms with E-state index in [1.165, 1.54) is 19.3 Å². The molecule has 0 aromatic rings. The van der Waals surface area contributed by atoms with Gasteiger partial charge in [0.25, 0.3) is 0 Å². The van der Waals surface area contributed by atoms with Crippen molar-refractivity contribution in [1.82, 2.24) is 10.2 Å². The molecule has 3 nitrogen and oxygen atoms in total. The summed E-state index contributed by atoms with van der Waals surface area (Å²) >= 11 is 0. The summed E-state index contributed by atoms with van der Waals surface area (Å²) in [6.07, 6.45) is 5.82. The topological polar surface area (TPSA) is 32.3 Å². The van der Waals surface area contributed by atoms with E-state index in [0.29, 0.717) is 17.9 Å². The van der Waals surface area contributed by atoms with E-state index >= 15 is 0 Å². The van der Waals surface area contributed by atoms with Gasteiger partial charge in [-0.05, 0) is 38.0 Å². The van der Waals surface area contributed by atoms with Crippen LogP contribution in [-0.4, -0.2) is 36.0 Å². The van der Waals surface area contributed by atoms with Crippen LogP contribution in [0.25, 0.3) is 0 Å². The van der Waals surface area contributed by atoms with Crippen LogP contribution in [-0.2, 0) is 4.79 Å². The Hall–Kier alpha value is -0.570. The molecule has 2 unspecified atom stereocenters. The fraction of sp³-hybridized carbons (Fsp3) is 0.933. The van der Waals surface area contributed by atoms with Gasteiger partial charge in [0.05, 0.1) is 0 Å². The number of carbonyl (C=O) groups is 1. The van der Waals surface area contributed by atoms with Crippen LogP contribution in [0.4, 0.5) is 0 Å². The minimum atomic E-state index is 0.233. The molecule has 3 heteroatoms. The van der Waals surface area contributed by atoms with Gasteiger partial charge in [0.15, 0.2) is 0 Å². The lowest BCUT2D eigenvalue weighted by molar-refractivity contribution is -0.138. The van der Waals surface area contributed by atoms with Crippen molar-refractivity contribution in [2.75, 3.05) is 13.1 Å². The summed E-state index contributed by atoms with van der Waals surface area (Å²) in [5, 5.41) is 3.69. The van der Waals surface area contributed by atoms with E-state index in [4.69, 9.17) is 0 Å². The SMILES string of the molecule is CCC(CC)C(=O)N1CC(C)CC(NC2CC2)C1. The molecule has 1 aliphatic carbocycles. The van der Waals surface area contributed by atoms with Crippen molar-refractivity contribution in [3.63, 3.8) is 0 Å². The Morgan fingerprint density at radius 3 is 2.44 bits per heavy atom. The van der Waals surface area contributed by atoms with Crippen LogP contribution in [0.5, 0.6) is 0 Å². The van der Waals surface area contributed by atoms with Crippen LogP contribution in [0.2, 0.25) is 0 Å². The zero-order valence-corrected chi connectivity index (χ0v) is 12.1. The number of hydrogen-bond acceptors (Lipinski definition) is 2. The number of nitrogens with zero attached hydrogens (tertiary/aromatic N) is 1. The maximum atomic E-state index is 12.5. The van der Waals surface area contributed by atoms with E-state index in [2.05, 4.69) is 31.0 Å². The largest absolute Gasteiger partial charge is 0.341 e. The summed E-state index contributed by atoms with van der Waals surface area (Å²) in [4.78, 5) is 14.6. The van der Waals surface area contributed by atoms with Crippen molar-refractivity contribution < 1.29 is 4.79 Å². The quantitative estimate of drug-likeness (QED) is 0.815. The Bertz CT molecular complexity index is 282. The summed E-state index contributed by atoms with van der Waals surface area (Å²) < 4.78 is 0. The highest BCUT2D eigenvalue weighted by Crippen LogP contribution is 2.25. The third-order valence-electron chi connectivity index (χ3n) is 4.35. The predicted molar refractivity (Wildman–Crippen MR) is 74.4 cm³/mol. The van der Waals surface area contributed by atoms with E-state index in [0.717, 1.165) is 32.0 Å². The fourth-order valence-electron chi connectivity index (χ4n) is 3.13. The molecule has 0 aromatic carbocycles. The molecule has 104 valence electrons. The Kier molecular flexibility index (Phi) is 4.66. The molecule has 0 aromatic heterocycles. The number of amides is 1. The summed E-state index contributed by atoms with van der Waals surface area (Å²) in [5.41, 5.74) is 0. The predicted octanol–water partition coefficient (Wildman–Crippen LogP) is 2.41. The van der Waals surface area contributed by atoms with Gasteiger partial charge in [-0.2, -0.15) is 0 Å². The molecule has 0 spiro atoms. The van der Waals surface area contributed by atoms with Gasteiger partial charge in [0, 0.05) is 31.1 Å². The average molecular weight is 252 g/mol. The highest BCUT2D eigenvalue weighted by molar-refractivity contribution is 5.78. The van der Waals surface area contributed by atoms with E-state index in [9.17, 15) is 4.79 Å². The number of rotatable bonds is 5. The molecule has 0 bridgehead atoms. The van der Waals surface area contributed by atoms with Crippen molar-refractivity contribution in [2.24, 2.45) is 11.8 Å². The molecule has 1 aliphatic heterocycles. The molecule has 1 saturated heterocycles. The lowest BCUT2D eigenvalue weighted by atomic mass is 9.93. The van der Waals surface area contributed by atoms with Crippen LogP contribution in [0.3, 0.4) is 0 Å². The summed E-state index contributed by atoms with van der Waals surface area (Å²) in [5.74, 6) is 1.25. The lowest BCUT2D eigenvalue weighted by Crippen LogP contribution is -2.52. The van der Waals surface area contributed by atoms with Gasteiger partial charge in [-0.25, -0.2) is 0 Å². The normalized spacial score (nSPS) is 28.8. The highest BCUT2D eigenvalue weighted by Gasteiger charge is 2.33. The van der Waals surface area contributed by atoms with Crippen LogP contribution >= 0.6 is 0 Å². The van der Waals surface area contributed by atoms with Gasteiger partial charge in [-0.15, -0.1) is 0 Å². The standard InChI is InChI=1S/C15H28N2O/c1-4-12(5-2)15(18)17-9-11(3)8-14(10-17)16-13-6-7-13/h11-14,16H,4-10H2,1-3H3. The van der Waals surface area contributed by atoms with Gasteiger partial charge < -0.3 is 10.2 Å². The summed E-state index contributed by atoms with van der Waals surface area (Å²) in [6.45, 7) is 8.40. The van der Waals surface area contributed by atoms with Crippen LogP contribution in [0, 0.1) is 11.8 Å². The second kappa shape index (κ2) is 6.05. The zero-order valence-electron chi connectivity index (χ0n) is 12.1. The van der Waals surface area contributed by atoms with Crippen LogP contribution in [0.15, 0.2) is 0 Å². The maximum absolute atomic E-state index is 12.5. The highest BCUT2D eigenvalue weighted by atomic mass is 16.2. The molecule has 1 amide bonds. The molecule has 1 heterocycles. The Morgan fingerprint density at radius 1 is 1.22 bits per heavy atom. The third kappa shape index (κ3) is 3.47. The molecular weight excluding hydrogens is 224 g/mol. The number of likely N-dealkylation sites (tertiary alicyclic amines) is 1. The first kappa shape index (κ1) is 13.9. The summed E-state index contributed by atoms with van der Waals surface area (Å²) in [6, 6.07) is 1.27. The second-order valence-corrected chi connectivity index (χ2v) is 6.24. The first-order valence-corrected chi connectivity index (χ1v) is 7.68. The van der Waals surface area contributed by atoms with E-state index < -0.39 is 0 Å². The molecule has 2 aliphatic rings. The van der Waals surface area contributed by atoms with Gasteiger partial charge in [0.1, 0.15) is 0 Å². The molecule has 18 heavy (non-hydrogen) atoms. The minimum absolute atomic E-state index is 0.233. The number of hydrogen-bond donors (Lipinski definition) is 1. The Labute approximate surface area is 111 Å². The van der Waals surface area contributed by atoms with Crippen molar-refractivity contribution in [1.29, 1.82) is 0 Å². The van der Waals surface area contributed by atoms with Crippen molar-refractivity contribution in [3.05, 3.63) is 0 Å². The van der Waals surface area contributed by atoms with E-state index in [1.54, 1.807) is 0 Å². The summed E-state index contributed by atoms with van der Waals surface area (Å²) in [7, 11) is 0. The Morgan fingerprint density at radius 2 is 1.89 bits per heavy atom. The van der Waals surface area contributed by atoms with Crippen molar-refractivity contribution >= 4 is 5.91 Å². The second-order valence-electron chi connectivity index (χ2n) is 6.24. The molecule has 2 rings (SSSR count). The number of nitrogens with one attached hydrogen (secondary N) is 1. The zero-order chi connectivity index (χ0) is 13.1. The molecule has 1 saturated carbocycles. The first-order chi connectivity index (χ1) is 8.63. The van der Waals surface area contributed by atoms with Gasteiger partial charge in [-0.1, -0.05) is 20.8 Å². The van der Waals surface area contributed by atoms with E-state index in [-0.39, 0.29) is 5.92 Å². The minimum Gasteiger partial charge on any atom is -0.341 e. The smallest absolute Gasteiger partial charge is 0.225 e. The molecular formula is C15H28N2O. The average Bonchev–Trinajstić information content (AvgIpc) is 3.13. The Balaban J connectivity index is 1.91. The van der Waals surface area contributed by atoms with Gasteiger partial charge in [-0.3, -0.25) is 4.79 Å². The fourth-order valence-corrected chi connectivity index (χ4v) is 3.13. The van der Waals surface area contributed by atoms with Gasteiger partial charge in [0.2, 0.25) is 5.91 Å². The van der Waals surface area contributed by atoms with Gasteiger partial charge >= 0.3 is 0 Å². The molecule has 2 fully saturated rings. The van der Waals surface area contributed by atoms with Crippen LogP contribution < -0.4 is 5.32 Å². The first-order valence-electron chi connectivity index (χ1n) is 7.68. The number of carbonyl (C=O) groups excluding carboxylic acids is 1. The van der Waals surface area contributed by atoms with E-state index in [1.807, 2.05) is 0 Å².